The van der Waals surface area contributed by atoms with Crippen molar-refractivity contribution in [2.24, 2.45) is 5.92 Å². The predicted octanol–water partition coefficient (Wildman–Crippen LogP) is 2.13. The van der Waals surface area contributed by atoms with E-state index in [0.717, 1.165) is 64.0 Å². The maximum atomic E-state index is 12.5. The van der Waals surface area contributed by atoms with Crippen LogP contribution >= 0.6 is 0 Å². The number of likely N-dealkylation sites (N-methyl/N-ethyl adjacent to an activating group) is 1. The number of aromatic nitrogens is 1. The van der Waals surface area contributed by atoms with Gasteiger partial charge in [-0.05, 0) is 43.7 Å². The first kappa shape index (κ1) is 21.7. The highest BCUT2D eigenvalue weighted by Crippen LogP contribution is 2.22. The lowest BCUT2D eigenvalue weighted by Crippen LogP contribution is -2.41. The average molecular weight is 403 g/mol. The first-order valence-electron chi connectivity index (χ1n) is 10.9. The Morgan fingerprint density at radius 3 is 2.90 bits per heavy atom. The summed E-state index contributed by atoms with van der Waals surface area (Å²) in [4.78, 5) is 38.6. The minimum atomic E-state index is 0.176. The molecule has 160 valence electrons. The van der Waals surface area contributed by atoms with Crippen LogP contribution in [0.15, 0.2) is 24.4 Å². The molecular weight excluding hydrogens is 368 g/mol. The molecule has 7 heteroatoms. The molecule has 2 fully saturated rings. The summed E-state index contributed by atoms with van der Waals surface area (Å²) in [6, 6.07) is 5.86. The Kier molecular flexibility index (Phi) is 8.43. The van der Waals surface area contributed by atoms with Crippen molar-refractivity contribution in [1.29, 1.82) is 0 Å². The van der Waals surface area contributed by atoms with Crippen molar-refractivity contribution < 1.29 is 14.4 Å². The summed E-state index contributed by atoms with van der Waals surface area (Å²) in [6.07, 6.45) is 7.65. The maximum Gasteiger partial charge on any atom is 0.223 e. The van der Waals surface area contributed by atoms with Gasteiger partial charge in [0.25, 0.3) is 0 Å². The molecule has 0 unspecified atom stereocenters. The van der Waals surface area contributed by atoms with Gasteiger partial charge in [-0.15, -0.1) is 0 Å². The van der Waals surface area contributed by atoms with E-state index in [0.29, 0.717) is 31.8 Å². The number of likely N-dealkylation sites (tertiary alicyclic amines) is 1. The van der Waals surface area contributed by atoms with Gasteiger partial charge in [0.2, 0.25) is 11.8 Å². The zero-order valence-corrected chi connectivity index (χ0v) is 17.6. The second-order valence-electron chi connectivity index (χ2n) is 8.14. The van der Waals surface area contributed by atoms with Crippen LogP contribution in [0.4, 0.5) is 0 Å². The molecule has 7 nitrogen and oxygen atoms in total. The van der Waals surface area contributed by atoms with Gasteiger partial charge in [0.1, 0.15) is 0 Å². The quantitative estimate of drug-likeness (QED) is 0.633. The van der Waals surface area contributed by atoms with Gasteiger partial charge >= 0.3 is 0 Å². The first-order chi connectivity index (χ1) is 14.1. The Morgan fingerprint density at radius 2 is 2.14 bits per heavy atom. The Morgan fingerprint density at radius 1 is 1.24 bits per heavy atom. The molecule has 0 spiro atoms. The molecule has 3 rings (SSSR count). The molecule has 1 atom stereocenters. The largest absolute Gasteiger partial charge is 0.345 e. The highest BCUT2D eigenvalue weighted by atomic mass is 16.7. The van der Waals surface area contributed by atoms with Crippen LogP contribution in [0.25, 0.3) is 0 Å². The number of pyridine rings is 1. The Labute approximate surface area is 174 Å². The summed E-state index contributed by atoms with van der Waals surface area (Å²) >= 11 is 0. The SMILES string of the molecule is CN(CCc1ccccn1)C(=O)CC[C@@H]1CCCN(C(=O)CCN2CCCO2)C1. The number of hydrogen-bond acceptors (Lipinski definition) is 5. The molecule has 2 amide bonds. The van der Waals surface area contributed by atoms with Crippen LogP contribution in [-0.4, -0.2) is 78.0 Å². The molecule has 0 N–H and O–H groups in total. The molecule has 3 heterocycles. The van der Waals surface area contributed by atoms with E-state index in [-0.39, 0.29) is 11.8 Å². The lowest BCUT2D eigenvalue weighted by molar-refractivity contribution is -0.140. The normalized spacial score (nSPS) is 20.0. The van der Waals surface area contributed by atoms with Crippen LogP contribution < -0.4 is 0 Å². The summed E-state index contributed by atoms with van der Waals surface area (Å²) in [5.41, 5.74) is 1.01. The Hall–Kier alpha value is -1.99. The molecule has 2 aliphatic rings. The van der Waals surface area contributed by atoms with E-state index in [1.54, 1.807) is 11.1 Å². The Bertz CT molecular complexity index is 649. The molecule has 0 radical (unpaired) electrons. The smallest absolute Gasteiger partial charge is 0.223 e. The standard InChI is InChI=1S/C22H34N4O3/c1-24(15-10-20-7-2-3-12-23-20)21(27)9-8-19-6-4-13-25(18-19)22(28)11-16-26-14-5-17-29-26/h2-3,7,12,19H,4-6,8-11,13-18H2,1H3/t19-/m0/s1. The third kappa shape index (κ3) is 7.08. The molecule has 0 bridgehead atoms. The van der Waals surface area contributed by atoms with Crippen LogP contribution in [-0.2, 0) is 20.8 Å². The van der Waals surface area contributed by atoms with Gasteiger partial charge in [-0.25, -0.2) is 0 Å². The molecule has 1 aromatic rings. The van der Waals surface area contributed by atoms with Gasteiger partial charge in [0.15, 0.2) is 0 Å². The lowest BCUT2D eigenvalue weighted by Gasteiger charge is -2.33. The fraction of sp³-hybridized carbons (Fsp3) is 0.682. The number of nitrogens with zero attached hydrogens (tertiary/aromatic N) is 4. The van der Waals surface area contributed by atoms with Crippen LogP contribution in [0.5, 0.6) is 0 Å². The van der Waals surface area contributed by atoms with Crippen molar-refractivity contribution in [1.82, 2.24) is 19.8 Å². The zero-order valence-electron chi connectivity index (χ0n) is 17.6. The fourth-order valence-electron chi connectivity index (χ4n) is 4.05. The lowest BCUT2D eigenvalue weighted by atomic mass is 9.93. The number of carbonyl (C=O) groups excluding carboxylic acids is 2. The fourth-order valence-corrected chi connectivity index (χ4v) is 4.05. The molecule has 0 saturated carbocycles. The van der Waals surface area contributed by atoms with E-state index in [2.05, 4.69) is 4.98 Å². The van der Waals surface area contributed by atoms with Crippen LogP contribution in [0.2, 0.25) is 0 Å². The molecule has 1 aromatic heterocycles. The van der Waals surface area contributed by atoms with Crippen molar-refractivity contribution in [3.05, 3.63) is 30.1 Å². The van der Waals surface area contributed by atoms with E-state index in [1.165, 1.54) is 0 Å². The number of amides is 2. The molecule has 2 aliphatic heterocycles. The number of hydrogen-bond donors (Lipinski definition) is 0. The van der Waals surface area contributed by atoms with Crippen molar-refractivity contribution >= 4 is 11.8 Å². The summed E-state index contributed by atoms with van der Waals surface area (Å²) < 4.78 is 0. The van der Waals surface area contributed by atoms with Crippen molar-refractivity contribution in [3.63, 3.8) is 0 Å². The van der Waals surface area contributed by atoms with E-state index in [1.807, 2.05) is 35.2 Å². The van der Waals surface area contributed by atoms with Gasteiger partial charge in [-0.1, -0.05) is 6.07 Å². The predicted molar refractivity (Wildman–Crippen MR) is 111 cm³/mol. The summed E-state index contributed by atoms with van der Waals surface area (Å²) in [5, 5.41) is 1.90. The molecule has 2 saturated heterocycles. The second kappa shape index (κ2) is 11.3. The topological polar surface area (TPSA) is 66.0 Å². The minimum Gasteiger partial charge on any atom is -0.345 e. The minimum absolute atomic E-state index is 0.176. The Balaban J connectivity index is 1.34. The monoisotopic (exact) mass is 402 g/mol. The number of carbonyl (C=O) groups is 2. The highest BCUT2D eigenvalue weighted by Gasteiger charge is 2.25. The van der Waals surface area contributed by atoms with Gasteiger partial charge in [0, 0.05) is 70.9 Å². The van der Waals surface area contributed by atoms with E-state index in [4.69, 9.17) is 4.84 Å². The van der Waals surface area contributed by atoms with Crippen molar-refractivity contribution in [2.45, 2.75) is 44.9 Å². The summed E-state index contributed by atoms with van der Waals surface area (Å²) in [7, 11) is 1.86. The van der Waals surface area contributed by atoms with Gasteiger partial charge in [0.05, 0.1) is 6.61 Å². The third-order valence-electron chi connectivity index (χ3n) is 5.89. The number of rotatable bonds is 9. The van der Waals surface area contributed by atoms with E-state index >= 15 is 0 Å². The van der Waals surface area contributed by atoms with Crippen LogP contribution in [0, 0.1) is 5.92 Å². The van der Waals surface area contributed by atoms with Crippen LogP contribution in [0.3, 0.4) is 0 Å². The highest BCUT2D eigenvalue weighted by molar-refractivity contribution is 5.77. The summed E-state index contributed by atoms with van der Waals surface area (Å²) in [5.74, 6) is 0.809. The van der Waals surface area contributed by atoms with E-state index < -0.39 is 0 Å². The van der Waals surface area contributed by atoms with Gasteiger partial charge in [-0.3, -0.25) is 19.4 Å². The molecular formula is C22H34N4O3. The molecule has 0 aliphatic carbocycles. The van der Waals surface area contributed by atoms with Crippen LogP contribution in [0.1, 0.15) is 44.2 Å². The van der Waals surface area contributed by atoms with Crippen molar-refractivity contribution in [2.75, 3.05) is 46.4 Å². The maximum absolute atomic E-state index is 12.5. The second-order valence-corrected chi connectivity index (χ2v) is 8.14. The third-order valence-corrected chi connectivity index (χ3v) is 5.89. The molecule has 29 heavy (non-hydrogen) atoms. The number of piperidine rings is 1. The molecule has 0 aromatic carbocycles. The number of hydroxylamine groups is 2. The van der Waals surface area contributed by atoms with E-state index in [9.17, 15) is 9.59 Å². The summed E-state index contributed by atoms with van der Waals surface area (Å²) in [6.45, 7) is 4.68. The van der Waals surface area contributed by atoms with Crippen molar-refractivity contribution in [3.8, 4) is 0 Å². The van der Waals surface area contributed by atoms with Gasteiger partial charge in [-0.2, -0.15) is 5.06 Å². The average Bonchev–Trinajstić information content (AvgIpc) is 3.28. The zero-order chi connectivity index (χ0) is 20.5. The van der Waals surface area contributed by atoms with Gasteiger partial charge < -0.3 is 9.80 Å². The first-order valence-corrected chi connectivity index (χ1v) is 10.9.